The Hall–Kier alpha value is -1.75. The topological polar surface area (TPSA) is 413 Å². The number of rotatable bonds is 14. The average Bonchev–Trinajstić information content (AvgIpc) is 1.48. The van der Waals surface area contributed by atoms with Crippen molar-refractivity contribution >= 4 is 5.97 Å². The Bertz CT molecular complexity index is 2320. The van der Waals surface area contributed by atoms with Crippen molar-refractivity contribution in [2.24, 2.45) is 63.1 Å². The Labute approximate surface area is 494 Å². The van der Waals surface area contributed by atoms with Gasteiger partial charge >= 0.3 is 5.97 Å². The van der Waals surface area contributed by atoms with Crippen LogP contribution in [-0.2, 0) is 52.2 Å². The largest absolute Gasteiger partial charge is 0.432 e. The second-order valence-corrected chi connectivity index (χ2v) is 27.9. The van der Waals surface area contributed by atoms with Crippen molar-refractivity contribution in [2.45, 2.75) is 260 Å². The van der Waals surface area contributed by atoms with E-state index in [4.69, 9.17) is 47.4 Å². The molecule has 36 atom stereocenters. The maximum Gasteiger partial charge on any atom is 0.311 e. The Balaban J connectivity index is 0.792. The van der Waals surface area contributed by atoms with Gasteiger partial charge in [0, 0.05) is 5.41 Å². The molecule has 5 saturated carbocycles. The van der Waals surface area contributed by atoms with Crippen LogP contribution in [0.2, 0.25) is 0 Å². The Morgan fingerprint density at radius 1 is 0.553 bits per heavy atom. The quantitative estimate of drug-likeness (QED) is 0.0473. The van der Waals surface area contributed by atoms with Crippen LogP contribution >= 0.6 is 0 Å². The third-order valence-corrected chi connectivity index (χ3v) is 23.5. The summed E-state index contributed by atoms with van der Waals surface area (Å²) >= 11 is 0. The summed E-state index contributed by atoms with van der Waals surface area (Å²) in [6, 6.07) is 0. The smallest absolute Gasteiger partial charge is 0.311 e. The molecule has 0 aromatic rings. The molecule has 488 valence electrons. The molecule has 5 aliphatic carbocycles. The van der Waals surface area contributed by atoms with Crippen LogP contribution in [0.1, 0.15) is 106 Å². The molecule has 15 N–H and O–H groups in total. The molecule has 5 saturated heterocycles. The fraction of sp³-hybridized carbons (Fsp3) is 0.949. The molecule has 10 rings (SSSR count). The third kappa shape index (κ3) is 11.2. The number of hydrogen-bond acceptors (Lipinski definition) is 26. The number of carbonyl (C=O) groups is 1. The SMILES string of the molecule is C=C(C)[C@@H]1C[C@@H](C(=O)O[C@H]2O[C@H](CO[C@@H]3O[C@H](CO)[C@H](O[C@H]4O[C@H](C)[C@@H](O)[C@@H](O)[C@H]4O)[C@@H](O)[C@H]3O)[C@H](O)[C@H](O)[C@@H]2O)[C@H]2CC[C@]3(C)[C@@H](CC[C@H]4[C@]5(C)CC[C@H](O[C@H]6OC[C@H](O)[C@H](O)[C@@H]6O[C@H]6O[C@@H](C)[C@@H](O)[C@@H](O)[C@H]6O)[C@](C)(CO)[C@@H]5CC[C@]43C)[C@H]21. The van der Waals surface area contributed by atoms with Gasteiger partial charge in [0.05, 0.1) is 50.7 Å². The van der Waals surface area contributed by atoms with Crippen LogP contribution in [0.25, 0.3) is 0 Å². The van der Waals surface area contributed by atoms with Gasteiger partial charge in [-0.05, 0) is 130 Å². The summed E-state index contributed by atoms with van der Waals surface area (Å²) in [4.78, 5) is 14.6. The maximum absolute atomic E-state index is 14.6. The molecular weight excluding hydrogens is 1120 g/mol. The molecular formula is C59H96O26. The standard InChI is InChI=1S/C59H96O26/c1-22(2)26-17-27(50(75)85-54-46(73)42(69)39(66)31(81-54)20-77-51-47(74)43(70)48(30(18-60)80-51)83-52-44(71)40(67)36(63)23(3)78-52)25-11-15-58(7)28(35(25)26)9-10-33-56(5)14-13-34(57(6,21-61)32(56)12-16-59(33,58)8)82-55-49(38(65)29(62)19-76-55)84-53-45(72)41(68)37(64)24(4)79-53/h23-49,51-55,60-74H,1,9-21H2,2-8H3/t23-,24+,25-,26+,27-,28+,29+,30-,31-,32-,33+,34+,35-,36-,37-,38+,39+,40-,41-,42+,43+,44-,45-,46+,47-,48+,49+,51-,52-,53-,54-,55-,56-,57-,58-,59-/m1/s1. The van der Waals surface area contributed by atoms with Crippen molar-refractivity contribution in [3.8, 4) is 0 Å². The highest BCUT2D eigenvalue weighted by atomic mass is 16.8. The van der Waals surface area contributed by atoms with E-state index in [2.05, 4.69) is 27.4 Å². The molecule has 10 fully saturated rings. The summed E-state index contributed by atoms with van der Waals surface area (Å²) in [6.07, 6.45) is -31.3. The summed E-state index contributed by atoms with van der Waals surface area (Å²) in [6.45, 7) is 16.7. The van der Waals surface area contributed by atoms with E-state index >= 15 is 0 Å². The predicted octanol–water partition coefficient (Wildman–Crippen LogP) is -2.83. The van der Waals surface area contributed by atoms with Crippen LogP contribution in [0.4, 0.5) is 0 Å². The molecule has 10 aliphatic rings. The van der Waals surface area contributed by atoms with Gasteiger partial charge in [-0.1, -0.05) is 39.8 Å². The highest BCUT2D eigenvalue weighted by Crippen LogP contribution is 2.76. The molecule has 0 aromatic carbocycles. The fourth-order valence-electron chi connectivity index (χ4n) is 18.4. The second-order valence-electron chi connectivity index (χ2n) is 27.9. The number of carbonyl (C=O) groups excluding carboxylic acids is 1. The second kappa shape index (κ2) is 25.0. The predicted molar refractivity (Wildman–Crippen MR) is 288 cm³/mol. The number of allylic oxidation sites excluding steroid dienone is 1. The van der Waals surface area contributed by atoms with E-state index in [1.165, 1.54) is 13.8 Å². The molecule has 0 amide bonds. The molecule has 0 bridgehead atoms. The number of fused-ring (bicyclic) bond motifs is 7. The van der Waals surface area contributed by atoms with Crippen molar-refractivity contribution < 1.29 is 129 Å². The molecule has 5 heterocycles. The van der Waals surface area contributed by atoms with E-state index in [9.17, 15) is 81.4 Å². The van der Waals surface area contributed by atoms with Crippen molar-refractivity contribution in [2.75, 3.05) is 26.4 Å². The van der Waals surface area contributed by atoms with Gasteiger partial charge in [0.15, 0.2) is 25.2 Å². The molecule has 0 radical (unpaired) electrons. The van der Waals surface area contributed by atoms with E-state index < -0.39 is 184 Å². The van der Waals surface area contributed by atoms with Crippen LogP contribution in [0, 0.1) is 63.1 Å². The minimum absolute atomic E-state index is 0.0151. The minimum Gasteiger partial charge on any atom is -0.432 e. The third-order valence-electron chi connectivity index (χ3n) is 23.5. The van der Waals surface area contributed by atoms with E-state index in [0.717, 1.165) is 44.1 Å². The van der Waals surface area contributed by atoms with Gasteiger partial charge in [0.1, 0.15) is 104 Å². The summed E-state index contributed by atoms with van der Waals surface area (Å²) in [5.41, 5.74) is -0.466. The van der Waals surface area contributed by atoms with Gasteiger partial charge in [-0.2, -0.15) is 0 Å². The number of esters is 1. The Morgan fingerprint density at radius 2 is 1.13 bits per heavy atom. The van der Waals surface area contributed by atoms with Crippen LogP contribution in [-0.4, -0.2) is 263 Å². The first-order valence-electron chi connectivity index (χ1n) is 30.7. The normalized spacial score (nSPS) is 56.3. The number of aliphatic hydroxyl groups is 15. The van der Waals surface area contributed by atoms with Gasteiger partial charge in [-0.3, -0.25) is 4.79 Å². The van der Waals surface area contributed by atoms with E-state index in [0.29, 0.717) is 19.3 Å². The Kier molecular flexibility index (Phi) is 19.5. The molecule has 5 aliphatic heterocycles. The van der Waals surface area contributed by atoms with Crippen molar-refractivity contribution in [1.29, 1.82) is 0 Å². The molecule has 0 spiro atoms. The van der Waals surface area contributed by atoms with E-state index in [1.807, 2.05) is 13.8 Å². The number of aliphatic hydroxyl groups excluding tert-OH is 15. The minimum atomic E-state index is -1.89. The fourth-order valence-corrected chi connectivity index (χ4v) is 18.4. The van der Waals surface area contributed by atoms with Crippen molar-refractivity contribution in [3.05, 3.63) is 12.2 Å². The lowest BCUT2D eigenvalue weighted by molar-refractivity contribution is -0.366. The summed E-state index contributed by atoms with van der Waals surface area (Å²) in [5.74, 6) is -0.991. The molecule has 0 aromatic heterocycles. The summed E-state index contributed by atoms with van der Waals surface area (Å²) < 4.78 is 59.1. The number of hydrogen-bond donors (Lipinski definition) is 15. The zero-order valence-corrected chi connectivity index (χ0v) is 49.6. The highest BCUT2D eigenvalue weighted by Gasteiger charge is 2.71. The monoisotopic (exact) mass is 1220 g/mol. The highest BCUT2D eigenvalue weighted by molar-refractivity contribution is 5.74. The van der Waals surface area contributed by atoms with Crippen LogP contribution in [0.15, 0.2) is 12.2 Å². The lowest BCUT2D eigenvalue weighted by Crippen LogP contribution is -2.67. The van der Waals surface area contributed by atoms with Gasteiger partial charge in [-0.25, -0.2) is 0 Å². The van der Waals surface area contributed by atoms with Gasteiger partial charge in [0.25, 0.3) is 0 Å². The van der Waals surface area contributed by atoms with E-state index in [-0.39, 0.29) is 65.0 Å². The first-order chi connectivity index (χ1) is 40.0. The molecule has 26 heteroatoms. The van der Waals surface area contributed by atoms with Gasteiger partial charge in [-0.15, -0.1) is 0 Å². The van der Waals surface area contributed by atoms with Crippen LogP contribution in [0.5, 0.6) is 0 Å². The van der Waals surface area contributed by atoms with E-state index in [1.54, 1.807) is 0 Å². The summed E-state index contributed by atoms with van der Waals surface area (Å²) in [7, 11) is 0. The van der Waals surface area contributed by atoms with Gasteiger partial charge in [0.2, 0.25) is 6.29 Å². The number of ether oxygens (including phenoxy) is 10. The van der Waals surface area contributed by atoms with Gasteiger partial charge < -0.3 is 124 Å². The lowest BCUT2D eigenvalue weighted by atomic mass is 9.33. The van der Waals surface area contributed by atoms with Crippen molar-refractivity contribution in [3.63, 3.8) is 0 Å². The average molecular weight is 1220 g/mol. The first kappa shape index (κ1) is 66.2. The van der Waals surface area contributed by atoms with Crippen LogP contribution in [0.3, 0.4) is 0 Å². The summed E-state index contributed by atoms with van der Waals surface area (Å²) in [5, 5.41) is 162. The zero-order valence-electron chi connectivity index (χ0n) is 49.6. The lowest BCUT2D eigenvalue weighted by Gasteiger charge is -2.72. The molecule has 0 unspecified atom stereocenters. The van der Waals surface area contributed by atoms with Crippen molar-refractivity contribution in [1.82, 2.24) is 0 Å². The maximum atomic E-state index is 14.6. The zero-order chi connectivity index (χ0) is 61.9. The molecule has 26 nitrogen and oxygen atoms in total. The van der Waals surface area contributed by atoms with Crippen LogP contribution < -0.4 is 0 Å². The first-order valence-corrected chi connectivity index (χ1v) is 30.7. The molecule has 85 heavy (non-hydrogen) atoms. The Morgan fingerprint density at radius 3 is 1.74 bits per heavy atom.